The van der Waals surface area contributed by atoms with Gasteiger partial charge in [0.15, 0.2) is 0 Å². The molecule has 0 atom stereocenters. The molecule has 0 N–H and O–H groups in total. The SMILES string of the molecule is C1=C[SeH2]C(c2nnc(N3CCN4CCC3CC4)s2)=C1. The van der Waals surface area contributed by atoms with E-state index in [4.69, 9.17) is 0 Å². The Kier molecular flexibility index (Phi) is 3.19. The van der Waals surface area contributed by atoms with Crippen molar-refractivity contribution in [3.8, 4) is 0 Å². The van der Waals surface area contributed by atoms with E-state index in [-0.39, 0.29) is 15.0 Å². The molecule has 0 radical (unpaired) electrons. The molecule has 1 aromatic rings. The van der Waals surface area contributed by atoms with E-state index in [0.29, 0.717) is 6.04 Å². The Bertz CT molecular complexity index is 531. The molecular weight excluding hydrogens is 323 g/mol. The van der Waals surface area contributed by atoms with Crippen LogP contribution in [0.5, 0.6) is 0 Å². The van der Waals surface area contributed by atoms with Crippen LogP contribution in [0.25, 0.3) is 4.47 Å². The number of allylic oxidation sites excluding steroid dienone is 2. The second-order valence-electron chi connectivity index (χ2n) is 5.24. The minimum atomic E-state index is -0.0896. The van der Waals surface area contributed by atoms with E-state index >= 15 is 0 Å². The average Bonchev–Trinajstić information content (AvgIpc) is 3.05. The summed E-state index contributed by atoms with van der Waals surface area (Å²) in [5, 5.41) is 11.2. The van der Waals surface area contributed by atoms with Gasteiger partial charge in [-0.1, -0.05) is 0 Å². The zero-order chi connectivity index (χ0) is 12.7. The third-order valence-corrected chi connectivity index (χ3v) is 7.77. The monoisotopic (exact) mass is 342 g/mol. The Hall–Kier alpha value is -0.681. The van der Waals surface area contributed by atoms with Crippen molar-refractivity contribution in [2.75, 3.05) is 31.1 Å². The molecule has 0 saturated carbocycles. The Morgan fingerprint density at radius 2 is 2.05 bits per heavy atom. The summed E-state index contributed by atoms with van der Waals surface area (Å²) in [5.74, 6) is 0. The number of hydrogen-bond donors (Lipinski definition) is 0. The molecule has 4 aliphatic rings. The third-order valence-electron chi connectivity index (χ3n) is 4.14. The van der Waals surface area contributed by atoms with Crippen LogP contribution in [0.1, 0.15) is 17.8 Å². The Labute approximate surface area is 123 Å². The number of hydrogen-bond acceptors (Lipinski definition) is 5. The fourth-order valence-corrected chi connectivity index (χ4v) is 6.09. The molecule has 0 unspecified atom stereocenters. The van der Waals surface area contributed by atoms with Gasteiger partial charge < -0.3 is 0 Å². The molecule has 3 fully saturated rings. The van der Waals surface area contributed by atoms with Crippen molar-refractivity contribution in [3.05, 3.63) is 22.1 Å². The molecule has 2 bridgehead atoms. The molecule has 6 heteroatoms. The van der Waals surface area contributed by atoms with Gasteiger partial charge in [0.2, 0.25) is 0 Å². The zero-order valence-electron chi connectivity index (χ0n) is 10.7. The van der Waals surface area contributed by atoms with E-state index in [0.717, 1.165) is 16.7 Å². The second-order valence-corrected chi connectivity index (χ2v) is 8.63. The van der Waals surface area contributed by atoms with Gasteiger partial charge >= 0.3 is 123 Å². The normalized spacial score (nSPS) is 31.8. The molecule has 0 amide bonds. The van der Waals surface area contributed by atoms with E-state index in [2.05, 4.69) is 37.1 Å². The number of rotatable bonds is 2. The standard InChI is InChI=1S/C13H18N4SSe/c1-2-11(19-9-1)12-14-15-13(18-12)17-8-7-16-5-3-10(17)4-6-16/h1-2,9-10H,3-8,19H2. The predicted molar refractivity (Wildman–Crippen MR) is 82.4 cm³/mol. The van der Waals surface area contributed by atoms with Crippen molar-refractivity contribution >= 4 is 35.9 Å². The molecule has 0 aromatic carbocycles. The molecule has 0 aliphatic carbocycles. The summed E-state index contributed by atoms with van der Waals surface area (Å²) in [6.07, 6.45) is 6.95. The van der Waals surface area contributed by atoms with Crippen molar-refractivity contribution in [3.63, 3.8) is 0 Å². The van der Waals surface area contributed by atoms with Gasteiger partial charge in [0.1, 0.15) is 0 Å². The van der Waals surface area contributed by atoms with E-state index in [1.165, 1.54) is 36.9 Å². The van der Waals surface area contributed by atoms with Crippen molar-refractivity contribution < 1.29 is 0 Å². The summed E-state index contributed by atoms with van der Waals surface area (Å²) in [5.41, 5.74) is 0. The molecule has 0 spiro atoms. The molecule has 3 saturated heterocycles. The predicted octanol–water partition coefficient (Wildman–Crippen LogP) is 0.859. The Balaban J connectivity index is 1.58. The Morgan fingerprint density at radius 3 is 2.84 bits per heavy atom. The van der Waals surface area contributed by atoms with Crippen LogP contribution in [0, 0.1) is 0 Å². The fourth-order valence-electron chi connectivity index (χ4n) is 3.04. The van der Waals surface area contributed by atoms with Gasteiger partial charge in [-0.3, -0.25) is 0 Å². The van der Waals surface area contributed by atoms with Crippen LogP contribution >= 0.6 is 11.3 Å². The summed E-state index contributed by atoms with van der Waals surface area (Å²) in [6, 6.07) is 0.686. The number of fused-ring (bicyclic) bond motifs is 4. The molecule has 5 heterocycles. The maximum absolute atomic E-state index is 4.47. The molecule has 5 rings (SSSR count). The molecule has 19 heavy (non-hydrogen) atoms. The van der Waals surface area contributed by atoms with Gasteiger partial charge in [-0.15, -0.1) is 0 Å². The van der Waals surface area contributed by atoms with E-state index in [1.54, 1.807) is 11.3 Å². The van der Waals surface area contributed by atoms with Gasteiger partial charge in [0.05, 0.1) is 0 Å². The minimum absolute atomic E-state index is 0.0896. The molecule has 1 aromatic heterocycles. The van der Waals surface area contributed by atoms with Crippen molar-refractivity contribution in [1.29, 1.82) is 0 Å². The number of aromatic nitrogens is 2. The fraction of sp³-hybridized carbons (Fsp3) is 0.538. The number of piperidine rings is 1. The van der Waals surface area contributed by atoms with Crippen molar-refractivity contribution in [2.45, 2.75) is 18.9 Å². The van der Waals surface area contributed by atoms with E-state index < -0.39 is 0 Å². The Morgan fingerprint density at radius 1 is 1.16 bits per heavy atom. The van der Waals surface area contributed by atoms with Crippen molar-refractivity contribution in [2.24, 2.45) is 0 Å². The maximum atomic E-state index is 4.47. The summed E-state index contributed by atoms with van der Waals surface area (Å²) in [7, 11) is 0. The first-order valence-electron chi connectivity index (χ1n) is 6.86. The van der Waals surface area contributed by atoms with Gasteiger partial charge in [-0.05, 0) is 0 Å². The quantitative estimate of drug-likeness (QED) is 0.747. The summed E-state index contributed by atoms with van der Waals surface area (Å²) in [6.45, 7) is 4.82. The number of anilines is 1. The molecule has 4 aliphatic heterocycles. The first-order valence-corrected chi connectivity index (χ1v) is 9.94. The summed E-state index contributed by atoms with van der Waals surface area (Å²) >= 11 is 1.70. The van der Waals surface area contributed by atoms with E-state index in [1.807, 2.05) is 0 Å². The first-order chi connectivity index (χ1) is 9.40. The van der Waals surface area contributed by atoms with Crippen LogP contribution in [0.2, 0.25) is 0 Å². The molecule has 4 nitrogen and oxygen atoms in total. The third kappa shape index (κ3) is 2.27. The molecule has 102 valence electrons. The molecular formula is C13H18N4SSe. The van der Waals surface area contributed by atoms with Crippen LogP contribution in [0.3, 0.4) is 0 Å². The van der Waals surface area contributed by atoms with E-state index in [9.17, 15) is 0 Å². The second kappa shape index (κ2) is 5.02. The van der Waals surface area contributed by atoms with Gasteiger partial charge in [0, 0.05) is 0 Å². The topological polar surface area (TPSA) is 32.3 Å². The van der Waals surface area contributed by atoms with Gasteiger partial charge in [-0.25, -0.2) is 0 Å². The average molecular weight is 341 g/mol. The summed E-state index contributed by atoms with van der Waals surface area (Å²) in [4.78, 5) is 7.39. The summed E-state index contributed by atoms with van der Waals surface area (Å²) < 4.78 is 1.44. The van der Waals surface area contributed by atoms with Crippen LogP contribution in [-0.2, 0) is 0 Å². The van der Waals surface area contributed by atoms with Gasteiger partial charge in [0.25, 0.3) is 0 Å². The van der Waals surface area contributed by atoms with Crippen LogP contribution in [-0.4, -0.2) is 62.3 Å². The van der Waals surface area contributed by atoms with Gasteiger partial charge in [-0.2, -0.15) is 0 Å². The van der Waals surface area contributed by atoms with Crippen LogP contribution in [0.4, 0.5) is 5.13 Å². The number of nitrogens with zero attached hydrogens (tertiary/aromatic N) is 4. The first kappa shape index (κ1) is 12.1. The zero-order valence-corrected chi connectivity index (χ0v) is 13.7. The van der Waals surface area contributed by atoms with Crippen LogP contribution < -0.4 is 4.90 Å². The van der Waals surface area contributed by atoms with Crippen LogP contribution in [0.15, 0.2) is 17.1 Å². The van der Waals surface area contributed by atoms with Crippen molar-refractivity contribution in [1.82, 2.24) is 15.1 Å².